The summed E-state index contributed by atoms with van der Waals surface area (Å²) in [6.07, 6.45) is 3.49. The van der Waals surface area contributed by atoms with Crippen LogP contribution in [0.4, 0.5) is 13.2 Å². The molecule has 0 spiro atoms. The number of rotatable bonds is 3. The van der Waals surface area contributed by atoms with Crippen LogP contribution in [0.3, 0.4) is 0 Å². The number of hydrogen-bond acceptors (Lipinski definition) is 2. The number of aromatic nitrogens is 2. The molecule has 0 atom stereocenters. The Labute approximate surface area is 137 Å². The molecule has 1 N–H and O–H groups in total. The number of fused-ring (bicyclic) bond motifs is 1. The smallest absolute Gasteiger partial charge is 0.254 e. The van der Waals surface area contributed by atoms with Crippen LogP contribution in [-0.4, -0.2) is 15.3 Å². The van der Waals surface area contributed by atoms with Crippen LogP contribution in [0.2, 0.25) is 0 Å². The third kappa shape index (κ3) is 3.07. The van der Waals surface area contributed by atoms with E-state index in [1.54, 1.807) is 22.9 Å². The molecule has 3 rings (SSSR count). The van der Waals surface area contributed by atoms with E-state index >= 15 is 0 Å². The fraction of sp³-hybridized carbons (Fsp3) is 0.0667. The van der Waals surface area contributed by atoms with Gasteiger partial charge in [-0.3, -0.25) is 4.79 Å². The van der Waals surface area contributed by atoms with Gasteiger partial charge in [0.25, 0.3) is 5.91 Å². The number of pyridine rings is 1. The maximum absolute atomic E-state index is 13.5. The maximum Gasteiger partial charge on any atom is 0.254 e. The minimum Gasteiger partial charge on any atom is -0.346 e. The van der Waals surface area contributed by atoms with Crippen LogP contribution in [0, 0.1) is 17.5 Å². The van der Waals surface area contributed by atoms with Crippen molar-refractivity contribution >= 4 is 27.5 Å². The Kier molecular flexibility index (Phi) is 4.08. The molecule has 0 fully saturated rings. The van der Waals surface area contributed by atoms with Crippen molar-refractivity contribution in [2.45, 2.75) is 6.54 Å². The number of benzene rings is 1. The van der Waals surface area contributed by atoms with Gasteiger partial charge in [-0.2, -0.15) is 0 Å². The maximum atomic E-state index is 13.5. The van der Waals surface area contributed by atoms with Gasteiger partial charge in [0, 0.05) is 16.9 Å². The molecule has 0 unspecified atom stereocenters. The summed E-state index contributed by atoms with van der Waals surface area (Å²) < 4.78 is 42.2. The monoisotopic (exact) mass is 383 g/mol. The predicted molar refractivity (Wildman–Crippen MR) is 80.4 cm³/mol. The molecule has 118 valence electrons. The van der Waals surface area contributed by atoms with Crippen molar-refractivity contribution < 1.29 is 18.0 Å². The van der Waals surface area contributed by atoms with Gasteiger partial charge in [0.05, 0.1) is 17.8 Å². The molecule has 0 saturated carbocycles. The fourth-order valence-corrected chi connectivity index (χ4v) is 2.42. The number of halogens is 4. The van der Waals surface area contributed by atoms with Crippen molar-refractivity contribution in [2.24, 2.45) is 0 Å². The van der Waals surface area contributed by atoms with E-state index < -0.39 is 28.9 Å². The van der Waals surface area contributed by atoms with Crippen LogP contribution >= 0.6 is 15.9 Å². The average Bonchev–Trinajstić information content (AvgIpc) is 2.92. The van der Waals surface area contributed by atoms with E-state index in [2.05, 4.69) is 26.2 Å². The van der Waals surface area contributed by atoms with E-state index in [1.165, 1.54) is 0 Å². The molecule has 0 saturated heterocycles. The first-order chi connectivity index (χ1) is 11.0. The van der Waals surface area contributed by atoms with Crippen LogP contribution < -0.4 is 5.32 Å². The third-order valence-corrected chi connectivity index (χ3v) is 3.64. The largest absolute Gasteiger partial charge is 0.346 e. The molecule has 0 bridgehead atoms. The van der Waals surface area contributed by atoms with Crippen molar-refractivity contribution in [3.63, 3.8) is 0 Å². The van der Waals surface area contributed by atoms with E-state index in [4.69, 9.17) is 0 Å². The summed E-state index contributed by atoms with van der Waals surface area (Å²) in [7, 11) is 0. The Morgan fingerprint density at radius 2 is 1.91 bits per heavy atom. The van der Waals surface area contributed by atoms with Crippen LogP contribution in [0.25, 0.3) is 5.65 Å². The van der Waals surface area contributed by atoms with Gasteiger partial charge in [-0.05, 0) is 40.2 Å². The number of amides is 1. The SMILES string of the molecule is O=C(NCc1cn2cc(Br)ccc2n1)c1ccc(F)c(F)c1F. The topological polar surface area (TPSA) is 46.4 Å². The molecule has 0 aliphatic rings. The molecule has 2 aromatic heterocycles. The zero-order valence-electron chi connectivity index (χ0n) is 11.5. The molecule has 2 heterocycles. The van der Waals surface area contributed by atoms with Crippen molar-refractivity contribution in [3.05, 3.63) is 69.8 Å². The third-order valence-electron chi connectivity index (χ3n) is 3.17. The van der Waals surface area contributed by atoms with Crippen LogP contribution in [-0.2, 0) is 6.54 Å². The van der Waals surface area contributed by atoms with Crippen molar-refractivity contribution in [1.82, 2.24) is 14.7 Å². The zero-order chi connectivity index (χ0) is 16.6. The lowest BCUT2D eigenvalue weighted by Gasteiger charge is -2.05. The first kappa shape index (κ1) is 15.5. The number of carbonyl (C=O) groups excluding carboxylic acids is 1. The van der Waals surface area contributed by atoms with Crippen LogP contribution in [0.5, 0.6) is 0 Å². The van der Waals surface area contributed by atoms with Gasteiger partial charge in [-0.15, -0.1) is 0 Å². The summed E-state index contributed by atoms with van der Waals surface area (Å²) >= 11 is 3.33. The van der Waals surface area contributed by atoms with Gasteiger partial charge in [0.2, 0.25) is 0 Å². The van der Waals surface area contributed by atoms with Gasteiger partial charge >= 0.3 is 0 Å². The lowest BCUT2D eigenvalue weighted by molar-refractivity contribution is 0.0945. The molecule has 1 aromatic carbocycles. The van der Waals surface area contributed by atoms with Gasteiger partial charge in [-0.25, -0.2) is 18.2 Å². The van der Waals surface area contributed by atoms with Crippen LogP contribution in [0.1, 0.15) is 16.1 Å². The summed E-state index contributed by atoms with van der Waals surface area (Å²) in [5, 5.41) is 2.42. The van der Waals surface area contributed by atoms with Gasteiger partial charge in [-0.1, -0.05) is 0 Å². The lowest BCUT2D eigenvalue weighted by atomic mass is 10.2. The first-order valence-electron chi connectivity index (χ1n) is 6.50. The van der Waals surface area contributed by atoms with Crippen molar-refractivity contribution in [3.8, 4) is 0 Å². The van der Waals surface area contributed by atoms with E-state index in [9.17, 15) is 18.0 Å². The van der Waals surface area contributed by atoms with Gasteiger partial charge < -0.3 is 9.72 Å². The zero-order valence-corrected chi connectivity index (χ0v) is 13.1. The molecule has 8 heteroatoms. The Balaban J connectivity index is 1.77. The van der Waals surface area contributed by atoms with Gasteiger partial charge in [0.1, 0.15) is 5.65 Å². The van der Waals surface area contributed by atoms with Crippen molar-refractivity contribution in [1.29, 1.82) is 0 Å². The molecule has 4 nitrogen and oxygen atoms in total. The summed E-state index contributed by atoms with van der Waals surface area (Å²) in [6, 6.07) is 5.20. The van der Waals surface area contributed by atoms with E-state index in [1.807, 2.05) is 6.07 Å². The number of nitrogens with one attached hydrogen (secondary N) is 1. The Bertz CT molecular complexity index is 910. The number of imidazole rings is 1. The highest BCUT2D eigenvalue weighted by Crippen LogP contribution is 2.16. The highest BCUT2D eigenvalue weighted by atomic mass is 79.9. The normalized spacial score (nSPS) is 11.0. The van der Waals surface area contributed by atoms with E-state index in [-0.39, 0.29) is 6.54 Å². The van der Waals surface area contributed by atoms with Gasteiger partial charge in [0.15, 0.2) is 17.5 Å². The minimum absolute atomic E-state index is 0.0244. The Morgan fingerprint density at radius 1 is 1.13 bits per heavy atom. The highest BCUT2D eigenvalue weighted by molar-refractivity contribution is 9.10. The van der Waals surface area contributed by atoms with E-state index in [0.29, 0.717) is 17.4 Å². The van der Waals surface area contributed by atoms with E-state index in [0.717, 1.165) is 10.5 Å². The molecule has 0 aliphatic heterocycles. The number of nitrogens with zero attached hydrogens (tertiary/aromatic N) is 2. The lowest BCUT2D eigenvalue weighted by Crippen LogP contribution is -2.24. The standard InChI is InChI=1S/C15H9BrF3N3O/c16-8-1-4-12-21-9(7-22(12)6-8)5-20-15(23)10-2-3-11(17)14(19)13(10)18/h1-4,6-7H,5H2,(H,20,23). The molecule has 23 heavy (non-hydrogen) atoms. The van der Waals surface area contributed by atoms with Crippen molar-refractivity contribution in [2.75, 3.05) is 0 Å². The molecular formula is C15H9BrF3N3O. The minimum atomic E-state index is -1.67. The molecule has 3 aromatic rings. The second-order valence-corrected chi connectivity index (χ2v) is 5.67. The summed E-state index contributed by atoms with van der Waals surface area (Å²) in [5.74, 6) is -5.37. The first-order valence-corrected chi connectivity index (χ1v) is 7.30. The molecule has 0 aliphatic carbocycles. The second-order valence-electron chi connectivity index (χ2n) is 4.75. The fourth-order valence-electron chi connectivity index (χ4n) is 2.07. The quantitative estimate of drug-likeness (QED) is 0.704. The molecule has 1 amide bonds. The Morgan fingerprint density at radius 3 is 2.70 bits per heavy atom. The highest BCUT2D eigenvalue weighted by Gasteiger charge is 2.18. The molecular weight excluding hydrogens is 375 g/mol. The number of hydrogen-bond donors (Lipinski definition) is 1. The Hall–Kier alpha value is -2.35. The average molecular weight is 384 g/mol. The van der Waals surface area contributed by atoms with Crippen LogP contribution in [0.15, 0.2) is 41.1 Å². The molecule has 0 radical (unpaired) electrons. The summed E-state index contributed by atoms with van der Waals surface area (Å²) in [6.45, 7) is 0.0244. The summed E-state index contributed by atoms with van der Waals surface area (Å²) in [5.41, 5.74) is 0.659. The summed E-state index contributed by atoms with van der Waals surface area (Å²) in [4.78, 5) is 16.2. The predicted octanol–water partition coefficient (Wildman–Crippen LogP) is 3.44. The number of carbonyl (C=O) groups is 1. The second kappa shape index (κ2) is 6.04.